The molecule has 1 aromatic carbocycles. The molecule has 0 bridgehead atoms. The Morgan fingerprint density at radius 3 is 2.85 bits per heavy atom. The van der Waals surface area contributed by atoms with Crippen LogP contribution < -0.4 is 11.1 Å². The number of hydrogen-bond donors (Lipinski definition) is 2. The molecule has 0 atom stereocenters. The van der Waals surface area contributed by atoms with E-state index < -0.39 is 0 Å². The smallest absolute Gasteiger partial charge is 0.0478 e. The van der Waals surface area contributed by atoms with Gasteiger partial charge in [-0.15, -0.1) is 11.8 Å². The lowest BCUT2D eigenvalue weighted by molar-refractivity contribution is 1.02. The van der Waals surface area contributed by atoms with Crippen molar-refractivity contribution in [2.75, 3.05) is 24.2 Å². The standard InChI is InChI=1S/C10H16N2S/c1-2-13-10-6-4-3-5-9(10)12-8-7-11/h3-6,12H,2,7-8,11H2,1H3. The van der Waals surface area contributed by atoms with Crippen LogP contribution in [0.5, 0.6) is 0 Å². The summed E-state index contributed by atoms with van der Waals surface area (Å²) in [5.74, 6) is 1.10. The fourth-order valence-corrected chi connectivity index (χ4v) is 1.88. The molecule has 0 aliphatic rings. The predicted octanol–water partition coefficient (Wildman–Crippen LogP) is 2.17. The van der Waals surface area contributed by atoms with Gasteiger partial charge in [0.25, 0.3) is 0 Å². The van der Waals surface area contributed by atoms with Crippen molar-refractivity contribution >= 4 is 17.4 Å². The van der Waals surface area contributed by atoms with E-state index in [4.69, 9.17) is 5.73 Å². The van der Waals surface area contributed by atoms with Crippen molar-refractivity contribution in [3.8, 4) is 0 Å². The van der Waals surface area contributed by atoms with Gasteiger partial charge in [-0.25, -0.2) is 0 Å². The molecular weight excluding hydrogens is 180 g/mol. The van der Waals surface area contributed by atoms with Gasteiger partial charge in [-0.3, -0.25) is 0 Å². The van der Waals surface area contributed by atoms with Gasteiger partial charge in [-0.1, -0.05) is 19.1 Å². The van der Waals surface area contributed by atoms with E-state index in [1.807, 2.05) is 17.8 Å². The first-order chi connectivity index (χ1) is 6.38. The van der Waals surface area contributed by atoms with Crippen LogP contribution in [-0.2, 0) is 0 Å². The highest BCUT2D eigenvalue weighted by atomic mass is 32.2. The zero-order valence-corrected chi connectivity index (χ0v) is 8.73. The third-order valence-electron chi connectivity index (χ3n) is 1.65. The number of anilines is 1. The molecule has 72 valence electrons. The minimum Gasteiger partial charge on any atom is -0.383 e. The van der Waals surface area contributed by atoms with Gasteiger partial charge in [0.2, 0.25) is 0 Å². The zero-order chi connectivity index (χ0) is 9.52. The number of para-hydroxylation sites is 1. The summed E-state index contributed by atoms with van der Waals surface area (Å²) >= 11 is 1.85. The molecule has 0 amide bonds. The van der Waals surface area contributed by atoms with E-state index in [1.165, 1.54) is 10.6 Å². The van der Waals surface area contributed by atoms with Gasteiger partial charge in [0.1, 0.15) is 0 Å². The Labute approximate surface area is 83.9 Å². The molecular formula is C10H16N2S. The SMILES string of the molecule is CCSc1ccccc1NCCN. The minimum absolute atomic E-state index is 0.672. The maximum Gasteiger partial charge on any atom is 0.0478 e. The summed E-state index contributed by atoms with van der Waals surface area (Å²) < 4.78 is 0. The van der Waals surface area contributed by atoms with Crippen molar-refractivity contribution in [1.82, 2.24) is 0 Å². The molecule has 1 aromatic rings. The monoisotopic (exact) mass is 196 g/mol. The molecule has 0 aromatic heterocycles. The van der Waals surface area contributed by atoms with Gasteiger partial charge in [0.15, 0.2) is 0 Å². The molecule has 0 unspecified atom stereocenters. The second-order valence-electron chi connectivity index (χ2n) is 2.64. The quantitative estimate of drug-likeness (QED) is 0.709. The number of nitrogens with one attached hydrogen (secondary N) is 1. The van der Waals surface area contributed by atoms with Gasteiger partial charge in [0.05, 0.1) is 0 Å². The van der Waals surface area contributed by atoms with Gasteiger partial charge in [0, 0.05) is 23.7 Å². The topological polar surface area (TPSA) is 38.0 Å². The first-order valence-electron chi connectivity index (χ1n) is 4.54. The number of nitrogens with two attached hydrogens (primary N) is 1. The van der Waals surface area contributed by atoms with Crippen molar-refractivity contribution < 1.29 is 0 Å². The first-order valence-corrected chi connectivity index (χ1v) is 5.52. The first kappa shape index (κ1) is 10.4. The van der Waals surface area contributed by atoms with Crippen LogP contribution >= 0.6 is 11.8 Å². The largest absolute Gasteiger partial charge is 0.383 e. The molecule has 0 heterocycles. The Bertz CT molecular complexity index is 250. The van der Waals surface area contributed by atoms with Crippen LogP contribution in [0.4, 0.5) is 5.69 Å². The lowest BCUT2D eigenvalue weighted by Gasteiger charge is -2.09. The molecule has 13 heavy (non-hydrogen) atoms. The highest BCUT2D eigenvalue weighted by Gasteiger charge is 1.98. The molecule has 3 N–H and O–H groups in total. The average Bonchev–Trinajstić information content (AvgIpc) is 2.17. The van der Waals surface area contributed by atoms with E-state index >= 15 is 0 Å². The summed E-state index contributed by atoms with van der Waals surface area (Å²) in [4.78, 5) is 1.30. The summed E-state index contributed by atoms with van der Waals surface area (Å²) in [6.45, 7) is 3.66. The molecule has 0 saturated carbocycles. The Balaban J connectivity index is 2.66. The van der Waals surface area contributed by atoms with Gasteiger partial charge < -0.3 is 11.1 Å². The second-order valence-corrected chi connectivity index (χ2v) is 3.95. The highest BCUT2D eigenvalue weighted by Crippen LogP contribution is 2.26. The van der Waals surface area contributed by atoms with Crippen LogP contribution in [0.1, 0.15) is 6.92 Å². The number of rotatable bonds is 5. The van der Waals surface area contributed by atoms with E-state index in [-0.39, 0.29) is 0 Å². The molecule has 0 fully saturated rings. The molecule has 0 aliphatic carbocycles. The number of hydrogen-bond acceptors (Lipinski definition) is 3. The van der Waals surface area contributed by atoms with Gasteiger partial charge >= 0.3 is 0 Å². The normalized spacial score (nSPS) is 10.0. The molecule has 0 spiro atoms. The van der Waals surface area contributed by atoms with Crippen molar-refractivity contribution in [2.45, 2.75) is 11.8 Å². The summed E-state index contributed by atoms with van der Waals surface area (Å²) in [5, 5.41) is 3.30. The summed E-state index contributed by atoms with van der Waals surface area (Å²) in [6.07, 6.45) is 0. The van der Waals surface area contributed by atoms with Crippen molar-refractivity contribution in [3.05, 3.63) is 24.3 Å². The summed E-state index contributed by atoms with van der Waals surface area (Å²) in [5.41, 5.74) is 6.63. The van der Waals surface area contributed by atoms with E-state index in [0.29, 0.717) is 6.54 Å². The average molecular weight is 196 g/mol. The van der Waals surface area contributed by atoms with Crippen LogP contribution in [0.3, 0.4) is 0 Å². The molecule has 3 heteroatoms. The minimum atomic E-state index is 0.672. The maximum absolute atomic E-state index is 5.43. The lowest BCUT2D eigenvalue weighted by Crippen LogP contribution is -2.13. The van der Waals surface area contributed by atoms with Gasteiger partial charge in [-0.05, 0) is 17.9 Å². The Kier molecular flexibility index (Phi) is 4.72. The summed E-state index contributed by atoms with van der Waals surface area (Å²) in [7, 11) is 0. The molecule has 0 radical (unpaired) electrons. The van der Waals surface area contributed by atoms with Gasteiger partial charge in [-0.2, -0.15) is 0 Å². The van der Waals surface area contributed by atoms with E-state index in [1.54, 1.807) is 0 Å². The van der Waals surface area contributed by atoms with Crippen LogP contribution in [0.25, 0.3) is 0 Å². The van der Waals surface area contributed by atoms with Crippen molar-refractivity contribution in [3.63, 3.8) is 0 Å². The Morgan fingerprint density at radius 1 is 1.38 bits per heavy atom. The van der Waals surface area contributed by atoms with E-state index in [2.05, 4.69) is 30.4 Å². The number of thioether (sulfide) groups is 1. The zero-order valence-electron chi connectivity index (χ0n) is 7.92. The molecule has 2 nitrogen and oxygen atoms in total. The maximum atomic E-state index is 5.43. The molecule has 0 aliphatic heterocycles. The third kappa shape index (κ3) is 3.28. The third-order valence-corrected chi connectivity index (χ3v) is 2.60. The van der Waals surface area contributed by atoms with E-state index in [9.17, 15) is 0 Å². The Hall–Kier alpha value is -0.670. The fraction of sp³-hybridized carbons (Fsp3) is 0.400. The highest BCUT2D eigenvalue weighted by molar-refractivity contribution is 7.99. The van der Waals surface area contributed by atoms with Crippen molar-refractivity contribution in [2.24, 2.45) is 5.73 Å². The predicted molar refractivity (Wildman–Crippen MR) is 60.4 cm³/mol. The molecule has 1 rings (SSSR count). The van der Waals surface area contributed by atoms with Crippen molar-refractivity contribution in [1.29, 1.82) is 0 Å². The lowest BCUT2D eigenvalue weighted by atomic mass is 10.3. The fourth-order valence-electron chi connectivity index (χ4n) is 1.10. The van der Waals surface area contributed by atoms with Crippen LogP contribution in [0.15, 0.2) is 29.2 Å². The second kappa shape index (κ2) is 5.89. The van der Waals surface area contributed by atoms with Crippen LogP contribution in [-0.4, -0.2) is 18.8 Å². The van der Waals surface area contributed by atoms with E-state index in [0.717, 1.165) is 12.3 Å². The summed E-state index contributed by atoms with van der Waals surface area (Å²) in [6, 6.07) is 8.32. The number of benzene rings is 1. The molecule has 0 saturated heterocycles. The van der Waals surface area contributed by atoms with Crippen LogP contribution in [0, 0.1) is 0 Å². The van der Waals surface area contributed by atoms with Crippen LogP contribution in [0.2, 0.25) is 0 Å². The Morgan fingerprint density at radius 2 is 2.15 bits per heavy atom.